The Morgan fingerprint density at radius 2 is 2.22 bits per heavy atom. The molecule has 0 bridgehead atoms. The van der Waals surface area contributed by atoms with Gasteiger partial charge in [-0.1, -0.05) is 6.07 Å². The molecule has 0 aliphatic rings. The van der Waals surface area contributed by atoms with E-state index < -0.39 is 0 Å². The van der Waals surface area contributed by atoms with Gasteiger partial charge in [-0.3, -0.25) is 0 Å². The van der Waals surface area contributed by atoms with E-state index in [0.717, 1.165) is 28.3 Å². The quantitative estimate of drug-likeness (QED) is 0.912. The highest BCUT2D eigenvalue weighted by Crippen LogP contribution is 2.25. The smallest absolute Gasteiger partial charge is 0.133 e. The fourth-order valence-electron chi connectivity index (χ4n) is 1.64. The standard InChI is InChI=1S/C13H15BrN2OS/c1-9-16-8-11(18-9)7-15-6-10-3-4-13(17-2)12(14)5-10/h3-5,8,15H,6-7H2,1-2H3. The number of rotatable bonds is 5. The molecule has 0 amide bonds. The van der Waals surface area contributed by atoms with Crippen molar-refractivity contribution >= 4 is 27.3 Å². The van der Waals surface area contributed by atoms with E-state index in [1.165, 1.54) is 10.4 Å². The molecule has 0 saturated heterocycles. The van der Waals surface area contributed by atoms with E-state index in [0.29, 0.717) is 0 Å². The second kappa shape index (κ2) is 6.31. The Morgan fingerprint density at radius 1 is 1.39 bits per heavy atom. The van der Waals surface area contributed by atoms with Crippen molar-refractivity contribution in [2.45, 2.75) is 20.0 Å². The zero-order valence-electron chi connectivity index (χ0n) is 10.4. The number of nitrogens with zero attached hydrogens (tertiary/aromatic N) is 1. The van der Waals surface area contributed by atoms with Crippen molar-refractivity contribution in [1.82, 2.24) is 10.3 Å². The zero-order chi connectivity index (χ0) is 13.0. The summed E-state index contributed by atoms with van der Waals surface area (Å²) in [5.74, 6) is 0.858. The Kier molecular flexibility index (Phi) is 4.74. The number of halogens is 1. The molecule has 1 aromatic carbocycles. The van der Waals surface area contributed by atoms with Gasteiger partial charge in [0.25, 0.3) is 0 Å². The molecule has 1 aromatic heterocycles. The highest BCUT2D eigenvalue weighted by atomic mass is 79.9. The summed E-state index contributed by atoms with van der Waals surface area (Å²) < 4.78 is 6.19. The number of ether oxygens (including phenoxy) is 1. The van der Waals surface area contributed by atoms with Crippen LogP contribution in [0, 0.1) is 6.92 Å². The molecule has 0 aliphatic carbocycles. The number of thiazole rings is 1. The zero-order valence-corrected chi connectivity index (χ0v) is 12.8. The van der Waals surface area contributed by atoms with Gasteiger partial charge in [0, 0.05) is 24.2 Å². The molecule has 0 unspecified atom stereocenters. The lowest BCUT2D eigenvalue weighted by atomic mass is 10.2. The summed E-state index contributed by atoms with van der Waals surface area (Å²) >= 11 is 5.22. The van der Waals surface area contributed by atoms with Crippen molar-refractivity contribution in [3.63, 3.8) is 0 Å². The fraction of sp³-hybridized carbons (Fsp3) is 0.308. The first-order valence-corrected chi connectivity index (χ1v) is 7.24. The summed E-state index contributed by atoms with van der Waals surface area (Å²) in [6.45, 7) is 3.71. The number of methoxy groups -OCH3 is 1. The van der Waals surface area contributed by atoms with Crippen LogP contribution in [-0.4, -0.2) is 12.1 Å². The molecule has 0 atom stereocenters. The van der Waals surface area contributed by atoms with Gasteiger partial charge in [-0.2, -0.15) is 0 Å². The number of hydrogen-bond donors (Lipinski definition) is 1. The van der Waals surface area contributed by atoms with E-state index in [4.69, 9.17) is 4.74 Å². The highest BCUT2D eigenvalue weighted by molar-refractivity contribution is 9.10. The Bertz CT molecular complexity index is 527. The summed E-state index contributed by atoms with van der Waals surface area (Å²) in [6.07, 6.45) is 1.93. The first kappa shape index (κ1) is 13.5. The minimum atomic E-state index is 0.833. The molecule has 5 heteroatoms. The van der Waals surface area contributed by atoms with E-state index in [9.17, 15) is 0 Å². The highest BCUT2D eigenvalue weighted by Gasteiger charge is 2.02. The summed E-state index contributed by atoms with van der Waals surface area (Å²) in [5, 5.41) is 4.51. The van der Waals surface area contributed by atoms with Crippen molar-refractivity contribution in [2.75, 3.05) is 7.11 Å². The van der Waals surface area contributed by atoms with Crippen molar-refractivity contribution < 1.29 is 4.74 Å². The van der Waals surface area contributed by atoms with Gasteiger partial charge >= 0.3 is 0 Å². The van der Waals surface area contributed by atoms with E-state index >= 15 is 0 Å². The van der Waals surface area contributed by atoms with Gasteiger partial charge in [0.1, 0.15) is 5.75 Å². The monoisotopic (exact) mass is 326 g/mol. The van der Waals surface area contributed by atoms with Crippen molar-refractivity contribution in [3.05, 3.63) is 44.3 Å². The summed E-state index contributed by atoms with van der Waals surface area (Å²) in [7, 11) is 1.67. The molecule has 1 N–H and O–H groups in total. The number of aromatic nitrogens is 1. The van der Waals surface area contributed by atoms with Crippen LogP contribution in [0.3, 0.4) is 0 Å². The van der Waals surface area contributed by atoms with Crippen LogP contribution in [0.25, 0.3) is 0 Å². The molecule has 0 spiro atoms. The van der Waals surface area contributed by atoms with Crippen LogP contribution in [0.2, 0.25) is 0 Å². The van der Waals surface area contributed by atoms with Crippen LogP contribution in [0.15, 0.2) is 28.9 Å². The molecule has 2 aromatic rings. The Hall–Kier alpha value is -0.910. The molecule has 3 nitrogen and oxygen atoms in total. The van der Waals surface area contributed by atoms with Crippen LogP contribution in [0.1, 0.15) is 15.4 Å². The lowest BCUT2D eigenvalue weighted by molar-refractivity contribution is 0.412. The first-order chi connectivity index (χ1) is 8.69. The van der Waals surface area contributed by atoms with Crippen molar-refractivity contribution in [1.29, 1.82) is 0 Å². The molecule has 96 valence electrons. The van der Waals surface area contributed by atoms with Crippen molar-refractivity contribution in [2.24, 2.45) is 0 Å². The maximum atomic E-state index is 5.20. The van der Waals surface area contributed by atoms with Crippen LogP contribution in [0.5, 0.6) is 5.75 Å². The van der Waals surface area contributed by atoms with Crippen molar-refractivity contribution in [3.8, 4) is 5.75 Å². The molecule has 0 saturated carbocycles. The first-order valence-electron chi connectivity index (χ1n) is 5.63. The maximum absolute atomic E-state index is 5.20. The third kappa shape index (κ3) is 3.54. The number of nitrogens with one attached hydrogen (secondary N) is 1. The largest absolute Gasteiger partial charge is 0.496 e. The Labute approximate surface area is 119 Å². The lowest BCUT2D eigenvalue weighted by Crippen LogP contribution is -2.11. The summed E-state index contributed by atoms with van der Waals surface area (Å²) in [4.78, 5) is 5.50. The van der Waals surface area contributed by atoms with E-state index in [1.54, 1.807) is 18.4 Å². The van der Waals surface area contributed by atoms with Gasteiger partial charge in [-0.15, -0.1) is 11.3 Å². The second-order valence-corrected chi connectivity index (χ2v) is 6.09. The van der Waals surface area contributed by atoms with Gasteiger partial charge in [0.2, 0.25) is 0 Å². The molecule has 2 rings (SSSR count). The van der Waals surface area contributed by atoms with E-state index in [2.05, 4.69) is 38.4 Å². The Balaban J connectivity index is 1.88. The average molecular weight is 327 g/mol. The number of benzene rings is 1. The molecule has 0 radical (unpaired) electrons. The van der Waals surface area contributed by atoms with Gasteiger partial charge in [0.15, 0.2) is 0 Å². The van der Waals surface area contributed by atoms with E-state index in [1.807, 2.05) is 19.2 Å². The van der Waals surface area contributed by atoms with Crippen LogP contribution in [-0.2, 0) is 13.1 Å². The number of hydrogen-bond acceptors (Lipinski definition) is 4. The predicted molar refractivity (Wildman–Crippen MR) is 78.1 cm³/mol. The molecule has 1 heterocycles. The molecular formula is C13H15BrN2OS. The average Bonchev–Trinajstić information content (AvgIpc) is 2.75. The maximum Gasteiger partial charge on any atom is 0.133 e. The topological polar surface area (TPSA) is 34.1 Å². The SMILES string of the molecule is COc1ccc(CNCc2cnc(C)s2)cc1Br. The lowest BCUT2D eigenvalue weighted by Gasteiger charge is -2.07. The second-order valence-electron chi connectivity index (χ2n) is 3.92. The van der Waals surface area contributed by atoms with Gasteiger partial charge in [-0.05, 0) is 40.5 Å². The predicted octanol–water partition coefficient (Wildman–Crippen LogP) is 3.51. The van der Waals surface area contributed by atoms with Crippen LogP contribution < -0.4 is 10.1 Å². The van der Waals surface area contributed by atoms with Crippen LogP contribution in [0.4, 0.5) is 0 Å². The fourth-order valence-corrected chi connectivity index (χ4v) is 2.99. The van der Waals surface area contributed by atoms with Gasteiger partial charge in [0.05, 0.1) is 16.6 Å². The summed E-state index contributed by atoms with van der Waals surface area (Å²) in [6, 6.07) is 6.11. The van der Waals surface area contributed by atoms with E-state index in [-0.39, 0.29) is 0 Å². The molecule has 18 heavy (non-hydrogen) atoms. The Morgan fingerprint density at radius 3 is 2.83 bits per heavy atom. The third-order valence-corrected chi connectivity index (χ3v) is 4.05. The van der Waals surface area contributed by atoms with Gasteiger partial charge in [-0.25, -0.2) is 4.98 Å². The minimum absolute atomic E-state index is 0.833. The molecular weight excluding hydrogens is 312 g/mol. The van der Waals surface area contributed by atoms with Gasteiger partial charge < -0.3 is 10.1 Å². The minimum Gasteiger partial charge on any atom is -0.496 e. The normalized spacial score (nSPS) is 10.6. The third-order valence-electron chi connectivity index (χ3n) is 2.51. The molecule has 0 aliphatic heterocycles. The van der Waals surface area contributed by atoms with Crippen LogP contribution >= 0.6 is 27.3 Å². The summed E-state index contributed by atoms with van der Waals surface area (Å²) in [5.41, 5.74) is 1.23. The number of aryl methyl sites for hydroxylation is 1. The molecule has 0 fully saturated rings.